The third-order valence-corrected chi connectivity index (χ3v) is 5.93. The molecule has 0 saturated carbocycles. The minimum absolute atomic E-state index is 0.196. The number of hydrogen-bond acceptors (Lipinski definition) is 4. The van der Waals surface area contributed by atoms with E-state index in [0.29, 0.717) is 5.56 Å². The molecule has 0 aliphatic carbocycles. The lowest BCUT2D eigenvalue weighted by Crippen LogP contribution is -2.43. The molecule has 2 atom stereocenters. The van der Waals surface area contributed by atoms with E-state index in [-0.39, 0.29) is 17.9 Å². The molecule has 1 fully saturated rings. The fraction of sp³-hybridized carbons (Fsp3) is 0.308. The van der Waals surface area contributed by atoms with Crippen molar-refractivity contribution >= 4 is 5.91 Å². The van der Waals surface area contributed by atoms with Crippen LogP contribution in [0.2, 0.25) is 0 Å². The topological polar surface area (TPSA) is 54.5 Å². The van der Waals surface area contributed by atoms with Gasteiger partial charge >= 0.3 is 0 Å². The Morgan fingerprint density at radius 3 is 2.84 bits per heavy atom. The molecule has 5 nitrogen and oxygen atoms in total. The standard InChI is InChI=1S/C26H28FN3O2/c1-32-23-11-4-7-19(15-23)17-30-14-6-9-21(18-30)25(24-12-2-3-13-28-24)29-26(31)20-8-5-10-22(27)16-20/h2-5,7-8,10-13,15-16,21,25H,6,9,14,17-18H2,1H3,(H,29,31)/t21-,25+/m1/s1. The zero-order chi connectivity index (χ0) is 22.3. The Balaban J connectivity index is 1.52. The number of pyridine rings is 1. The molecule has 1 amide bonds. The van der Waals surface area contributed by atoms with Crippen LogP contribution in [0.3, 0.4) is 0 Å². The minimum Gasteiger partial charge on any atom is -0.497 e. The lowest BCUT2D eigenvalue weighted by molar-refractivity contribution is 0.0874. The van der Waals surface area contributed by atoms with E-state index in [0.717, 1.165) is 43.9 Å². The molecule has 0 bridgehead atoms. The van der Waals surface area contributed by atoms with E-state index < -0.39 is 5.82 Å². The number of carbonyl (C=O) groups excluding carboxylic acids is 1. The first-order valence-corrected chi connectivity index (χ1v) is 10.9. The number of piperidine rings is 1. The molecular weight excluding hydrogens is 405 g/mol. The maximum Gasteiger partial charge on any atom is 0.251 e. The third kappa shape index (κ3) is 5.51. The first kappa shape index (κ1) is 22.0. The lowest BCUT2D eigenvalue weighted by atomic mass is 9.88. The molecule has 2 aromatic carbocycles. The number of ether oxygens (including phenoxy) is 1. The van der Waals surface area contributed by atoms with Crippen molar-refractivity contribution in [1.29, 1.82) is 0 Å². The van der Waals surface area contributed by atoms with Gasteiger partial charge in [0, 0.05) is 24.8 Å². The van der Waals surface area contributed by atoms with Crippen LogP contribution in [-0.4, -0.2) is 36.0 Å². The fourth-order valence-corrected chi connectivity index (χ4v) is 4.38. The number of rotatable bonds is 7. The van der Waals surface area contributed by atoms with Gasteiger partial charge in [-0.25, -0.2) is 4.39 Å². The largest absolute Gasteiger partial charge is 0.497 e. The van der Waals surface area contributed by atoms with Gasteiger partial charge in [0.15, 0.2) is 0 Å². The van der Waals surface area contributed by atoms with E-state index in [2.05, 4.69) is 27.3 Å². The average molecular weight is 434 g/mol. The Hall–Kier alpha value is -3.25. The number of nitrogens with one attached hydrogen (secondary N) is 1. The third-order valence-electron chi connectivity index (χ3n) is 5.93. The number of aromatic nitrogens is 1. The van der Waals surface area contributed by atoms with Crippen molar-refractivity contribution in [1.82, 2.24) is 15.2 Å². The van der Waals surface area contributed by atoms with E-state index >= 15 is 0 Å². The van der Waals surface area contributed by atoms with Crippen molar-refractivity contribution < 1.29 is 13.9 Å². The van der Waals surface area contributed by atoms with Gasteiger partial charge in [0.25, 0.3) is 5.91 Å². The molecule has 1 aromatic heterocycles. The molecule has 3 aromatic rings. The summed E-state index contributed by atoms with van der Waals surface area (Å²) in [5, 5.41) is 3.13. The highest BCUT2D eigenvalue weighted by molar-refractivity contribution is 5.94. The summed E-state index contributed by atoms with van der Waals surface area (Å²) in [7, 11) is 1.68. The van der Waals surface area contributed by atoms with Crippen LogP contribution in [0.5, 0.6) is 5.75 Å². The summed E-state index contributed by atoms with van der Waals surface area (Å²) in [6.45, 7) is 2.66. The molecule has 2 heterocycles. The zero-order valence-corrected chi connectivity index (χ0v) is 18.2. The van der Waals surface area contributed by atoms with Gasteiger partial charge < -0.3 is 10.1 Å². The van der Waals surface area contributed by atoms with Gasteiger partial charge in [0.2, 0.25) is 0 Å². The lowest BCUT2D eigenvalue weighted by Gasteiger charge is -2.37. The fourth-order valence-electron chi connectivity index (χ4n) is 4.38. The molecule has 1 aliphatic rings. The van der Waals surface area contributed by atoms with Crippen LogP contribution in [0, 0.1) is 11.7 Å². The highest BCUT2D eigenvalue weighted by Gasteiger charge is 2.30. The Morgan fingerprint density at radius 1 is 1.19 bits per heavy atom. The van der Waals surface area contributed by atoms with Gasteiger partial charge in [0.1, 0.15) is 11.6 Å². The van der Waals surface area contributed by atoms with Crippen LogP contribution in [0.25, 0.3) is 0 Å². The molecule has 1 aliphatic heterocycles. The Bertz CT molecular complexity index is 1040. The van der Waals surface area contributed by atoms with Crippen molar-refractivity contribution in [2.75, 3.05) is 20.2 Å². The molecule has 166 valence electrons. The number of amides is 1. The number of benzene rings is 2. The van der Waals surface area contributed by atoms with E-state index in [1.807, 2.05) is 30.3 Å². The number of nitrogens with zero attached hydrogens (tertiary/aromatic N) is 2. The normalized spacial score (nSPS) is 17.5. The van der Waals surface area contributed by atoms with Gasteiger partial charge in [-0.3, -0.25) is 14.7 Å². The second kappa shape index (κ2) is 10.4. The smallest absolute Gasteiger partial charge is 0.251 e. The Kier molecular flexibility index (Phi) is 7.12. The van der Waals surface area contributed by atoms with E-state index in [4.69, 9.17) is 4.74 Å². The van der Waals surface area contributed by atoms with Gasteiger partial charge in [-0.15, -0.1) is 0 Å². The van der Waals surface area contributed by atoms with Crippen molar-refractivity contribution in [3.8, 4) is 5.75 Å². The van der Waals surface area contributed by atoms with Gasteiger partial charge in [0.05, 0.1) is 18.8 Å². The SMILES string of the molecule is COc1cccc(CN2CCC[C@@H]([C@H](NC(=O)c3cccc(F)c3)c3ccccn3)C2)c1. The van der Waals surface area contributed by atoms with Crippen LogP contribution < -0.4 is 10.1 Å². The molecular formula is C26H28FN3O2. The molecule has 4 rings (SSSR count). The molecule has 0 spiro atoms. The Labute approximate surface area is 188 Å². The Morgan fingerprint density at radius 2 is 2.06 bits per heavy atom. The number of carbonyl (C=O) groups is 1. The molecule has 0 radical (unpaired) electrons. The predicted molar refractivity (Wildman–Crippen MR) is 122 cm³/mol. The quantitative estimate of drug-likeness (QED) is 0.591. The van der Waals surface area contributed by atoms with Crippen LogP contribution in [-0.2, 0) is 6.54 Å². The molecule has 1 N–H and O–H groups in total. The van der Waals surface area contributed by atoms with Crippen molar-refractivity contribution in [3.63, 3.8) is 0 Å². The van der Waals surface area contributed by atoms with Crippen LogP contribution in [0.1, 0.15) is 40.5 Å². The summed E-state index contributed by atoms with van der Waals surface area (Å²) in [6.07, 6.45) is 3.76. The summed E-state index contributed by atoms with van der Waals surface area (Å²) in [5.74, 6) is 0.339. The van der Waals surface area contributed by atoms with Gasteiger partial charge in [-0.1, -0.05) is 24.3 Å². The maximum atomic E-state index is 13.6. The van der Waals surface area contributed by atoms with Crippen LogP contribution in [0.15, 0.2) is 72.9 Å². The van der Waals surface area contributed by atoms with Gasteiger partial charge in [-0.05, 0) is 73.3 Å². The number of halogens is 1. The predicted octanol–water partition coefficient (Wildman–Crippen LogP) is 4.61. The van der Waals surface area contributed by atoms with E-state index in [1.54, 1.807) is 25.4 Å². The summed E-state index contributed by atoms with van der Waals surface area (Å²) in [4.78, 5) is 19.9. The molecule has 32 heavy (non-hydrogen) atoms. The van der Waals surface area contributed by atoms with Gasteiger partial charge in [-0.2, -0.15) is 0 Å². The number of likely N-dealkylation sites (tertiary alicyclic amines) is 1. The first-order chi connectivity index (χ1) is 15.6. The maximum absolute atomic E-state index is 13.6. The summed E-state index contributed by atoms with van der Waals surface area (Å²) in [5.41, 5.74) is 2.34. The molecule has 1 saturated heterocycles. The number of hydrogen-bond donors (Lipinski definition) is 1. The zero-order valence-electron chi connectivity index (χ0n) is 18.2. The number of methoxy groups -OCH3 is 1. The highest BCUT2D eigenvalue weighted by atomic mass is 19.1. The van der Waals surface area contributed by atoms with Crippen molar-refractivity contribution in [2.45, 2.75) is 25.4 Å². The monoisotopic (exact) mass is 433 g/mol. The molecule has 6 heteroatoms. The minimum atomic E-state index is -0.422. The van der Waals surface area contributed by atoms with Crippen LogP contribution >= 0.6 is 0 Å². The second-order valence-electron chi connectivity index (χ2n) is 8.21. The van der Waals surface area contributed by atoms with Crippen LogP contribution in [0.4, 0.5) is 4.39 Å². The van der Waals surface area contributed by atoms with E-state index in [1.165, 1.54) is 17.7 Å². The summed E-state index contributed by atoms with van der Waals surface area (Å²) < 4.78 is 19.0. The average Bonchev–Trinajstić information content (AvgIpc) is 2.83. The summed E-state index contributed by atoms with van der Waals surface area (Å²) >= 11 is 0. The van der Waals surface area contributed by atoms with E-state index in [9.17, 15) is 9.18 Å². The highest BCUT2D eigenvalue weighted by Crippen LogP contribution is 2.30. The first-order valence-electron chi connectivity index (χ1n) is 10.9. The van der Waals surface area contributed by atoms with Crippen molar-refractivity contribution in [3.05, 3.63) is 95.6 Å². The molecule has 0 unspecified atom stereocenters. The second-order valence-corrected chi connectivity index (χ2v) is 8.21. The van der Waals surface area contributed by atoms with Crippen molar-refractivity contribution in [2.24, 2.45) is 5.92 Å². The summed E-state index contributed by atoms with van der Waals surface area (Å²) in [6, 6.07) is 19.4.